The molecule has 0 aliphatic heterocycles. The molecule has 0 radical (unpaired) electrons. The Kier molecular flexibility index (Phi) is 3.49. The lowest BCUT2D eigenvalue weighted by molar-refractivity contribution is 0.573. The van der Waals surface area contributed by atoms with Gasteiger partial charge in [0.05, 0.1) is 10.2 Å². The van der Waals surface area contributed by atoms with Crippen molar-refractivity contribution in [3.63, 3.8) is 0 Å². The Labute approximate surface area is 113 Å². The molecule has 0 unspecified atom stereocenters. The van der Waals surface area contributed by atoms with E-state index in [0.29, 0.717) is 0 Å². The number of aromatic nitrogens is 2. The summed E-state index contributed by atoms with van der Waals surface area (Å²) >= 11 is 5.05. The van der Waals surface area contributed by atoms with Crippen LogP contribution in [0.5, 0.6) is 0 Å². The smallest absolute Gasteiger partial charge is 0.188 e. The topological polar surface area (TPSA) is 37.8 Å². The van der Waals surface area contributed by atoms with Crippen LogP contribution in [-0.2, 0) is 5.41 Å². The highest BCUT2D eigenvalue weighted by Gasteiger charge is 2.17. The van der Waals surface area contributed by atoms with E-state index in [4.69, 9.17) is 0 Å². The van der Waals surface area contributed by atoms with E-state index in [-0.39, 0.29) is 5.41 Å². The summed E-state index contributed by atoms with van der Waals surface area (Å²) in [5.41, 5.74) is 1.18. The summed E-state index contributed by atoms with van der Waals surface area (Å²) in [7, 11) is 0. The number of thiazole rings is 1. The Hall–Kier alpha value is -0.940. The fourth-order valence-electron chi connectivity index (χ4n) is 1.25. The normalized spacial score (nSPS) is 11.5. The zero-order valence-electron chi connectivity index (χ0n) is 9.99. The van der Waals surface area contributed by atoms with E-state index in [2.05, 4.69) is 57.4 Å². The van der Waals surface area contributed by atoms with E-state index in [1.807, 2.05) is 12.1 Å². The monoisotopic (exact) mass is 311 g/mol. The molecule has 17 heavy (non-hydrogen) atoms. The minimum atomic E-state index is 0.0811. The fraction of sp³-hybridized carbons (Fsp3) is 0.333. The second kappa shape index (κ2) is 4.74. The van der Waals surface area contributed by atoms with Gasteiger partial charge in [0.1, 0.15) is 5.82 Å². The molecule has 0 aromatic carbocycles. The minimum Gasteiger partial charge on any atom is -0.315 e. The van der Waals surface area contributed by atoms with Crippen LogP contribution in [0, 0.1) is 0 Å². The van der Waals surface area contributed by atoms with Crippen LogP contribution < -0.4 is 5.32 Å². The van der Waals surface area contributed by atoms with Gasteiger partial charge in [-0.1, -0.05) is 20.8 Å². The summed E-state index contributed by atoms with van der Waals surface area (Å²) in [6, 6.07) is 3.84. The van der Waals surface area contributed by atoms with Crippen LogP contribution in [0.1, 0.15) is 26.5 Å². The van der Waals surface area contributed by atoms with E-state index in [1.165, 1.54) is 0 Å². The number of nitrogens with zero attached hydrogens (tertiary/aromatic N) is 2. The van der Waals surface area contributed by atoms with Gasteiger partial charge in [-0.3, -0.25) is 0 Å². The highest BCUT2D eigenvalue weighted by Crippen LogP contribution is 2.29. The van der Waals surface area contributed by atoms with Gasteiger partial charge in [-0.05, 0) is 28.1 Å². The lowest BCUT2D eigenvalue weighted by Crippen LogP contribution is -2.11. The summed E-state index contributed by atoms with van der Waals surface area (Å²) in [4.78, 5) is 8.82. The van der Waals surface area contributed by atoms with E-state index < -0.39 is 0 Å². The molecule has 2 aromatic rings. The van der Waals surface area contributed by atoms with E-state index in [1.54, 1.807) is 17.5 Å². The van der Waals surface area contributed by atoms with Gasteiger partial charge in [0.2, 0.25) is 0 Å². The lowest BCUT2D eigenvalue weighted by atomic mass is 9.93. The molecule has 0 spiro atoms. The number of hydrogen-bond donors (Lipinski definition) is 1. The molecule has 0 bridgehead atoms. The molecule has 0 saturated heterocycles. The van der Waals surface area contributed by atoms with Gasteiger partial charge in [0.15, 0.2) is 5.13 Å². The van der Waals surface area contributed by atoms with Crippen molar-refractivity contribution in [3.05, 3.63) is 33.9 Å². The minimum absolute atomic E-state index is 0.0811. The highest BCUT2D eigenvalue weighted by atomic mass is 79.9. The largest absolute Gasteiger partial charge is 0.315 e. The molecular weight excluding hydrogens is 298 g/mol. The third-order valence-corrected chi connectivity index (χ3v) is 3.65. The second-order valence-electron chi connectivity index (χ2n) is 4.75. The van der Waals surface area contributed by atoms with Crippen LogP contribution in [0.4, 0.5) is 10.9 Å². The van der Waals surface area contributed by atoms with Crippen LogP contribution in [0.25, 0.3) is 0 Å². The summed E-state index contributed by atoms with van der Waals surface area (Å²) < 4.78 is 0.938. The zero-order valence-corrected chi connectivity index (χ0v) is 12.4. The molecular formula is C12H14BrN3S. The molecule has 90 valence electrons. The van der Waals surface area contributed by atoms with Gasteiger partial charge in [-0.25, -0.2) is 9.97 Å². The Morgan fingerprint density at radius 3 is 2.71 bits per heavy atom. The zero-order chi connectivity index (χ0) is 12.5. The van der Waals surface area contributed by atoms with Crippen molar-refractivity contribution < 1.29 is 0 Å². The molecule has 0 aliphatic carbocycles. The molecule has 0 saturated carbocycles. The van der Waals surface area contributed by atoms with Crippen molar-refractivity contribution in [1.29, 1.82) is 0 Å². The van der Waals surface area contributed by atoms with Gasteiger partial charge < -0.3 is 5.32 Å². The first-order valence-electron chi connectivity index (χ1n) is 5.30. The molecule has 5 heteroatoms. The third-order valence-electron chi connectivity index (χ3n) is 2.26. The Morgan fingerprint density at radius 2 is 2.12 bits per heavy atom. The van der Waals surface area contributed by atoms with Gasteiger partial charge >= 0.3 is 0 Å². The predicted molar refractivity (Wildman–Crippen MR) is 76.0 cm³/mol. The van der Waals surface area contributed by atoms with Gasteiger partial charge in [-0.15, -0.1) is 11.3 Å². The van der Waals surface area contributed by atoms with Crippen molar-refractivity contribution in [1.82, 2.24) is 9.97 Å². The molecule has 0 fully saturated rings. The number of anilines is 2. The van der Waals surface area contributed by atoms with Gasteiger partial charge in [-0.2, -0.15) is 0 Å². The number of pyridine rings is 1. The van der Waals surface area contributed by atoms with E-state index >= 15 is 0 Å². The van der Waals surface area contributed by atoms with E-state index in [9.17, 15) is 0 Å². The van der Waals surface area contributed by atoms with Crippen molar-refractivity contribution in [2.75, 3.05) is 5.32 Å². The molecule has 2 aromatic heterocycles. The molecule has 3 nitrogen and oxygen atoms in total. The molecule has 2 heterocycles. The molecule has 0 amide bonds. The molecule has 0 aliphatic rings. The first-order valence-corrected chi connectivity index (χ1v) is 6.97. The van der Waals surface area contributed by atoms with Crippen molar-refractivity contribution in [2.45, 2.75) is 26.2 Å². The SMILES string of the molecule is CC(C)(C)c1csc(Nc2ncccc2Br)n1. The van der Waals surface area contributed by atoms with Crippen LogP contribution >= 0.6 is 27.3 Å². The van der Waals surface area contributed by atoms with Crippen LogP contribution in [0.15, 0.2) is 28.2 Å². The van der Waals surface area contributed by atoms with Gasteiger partial charge in [0, 0.05) is 17.0 Å². The predicted octanol–water partition coefficient (Wildman–Crippen LogP) is 4.34. The summed E-state index contributed by atoms with van der Waals surface area (Å²) in [5.74, 6) is 0.794. The van der Waals surface area contributed by atoms with Crippen molar-refractivity contribution in [3.8, 4) is 0 Å². The Bertz CT molecular complexity index is 516. The standard InChI is InChI=1S/C12H14BrN3S/c1-12(2,3)9-7-17-11(15-9)16-10-8(13)5-4-6-14-10/h4-7H,1-3H3,(H,14,15,16). The highest BCUT2D eigenvalue weighted by molar-refractivity contribution is 9.10. The van der Waals surface area contributed by atoms with Crippen LogP contribution in [0.3, 0.4) is 0 Å². The first kappa shape index (κ1) is 12.5. The second-order valence-corrected chi connectivity index (χ2v) is 6.46. The maximum absolute atomic E-state index is 4.56. The average Bonchev–Trinajstić information content (AvgIpc) is 2.69. The maximum atomic E-state index is 4.56. The Balaban J connectivity index is 2.21. The number of nitrogens with one attached hydrogen (secondary N) is 1. The quantitative estimate of drug-likeness (QED) is 0.896. The molecule has 1 N–H and O–H groups in total. The van der Waals surface area contributed by atoms with Crippen LogP contribution in [0.2, 0.25) is 0 Å². The lowest BCUT2D eigenvalue weighted by Gasteiger charge is -2.14. The summed E-state index contributed by atoms with van der Waals surface area (Å²) in [6.07, 6.45) is 1.76. The number of hydrogen-bond acceptors (Lipinski definition) is 4. The summed E-state index contributed by atoms with van der Waals surface area (Å²) in [6.45, 7) is 6.47. The fourth-order valence-corrected chi connectivity index (χ4v) is 2.54. The van der Waals surface area contributed by atoms with Crippen molar-refractivity contribution in [2.24, 2.45) is 0 Å². The summed E-state index contributed by atoms with van der Waals surface area (Å²) in [5, 5.41) is 6.17. The maximum Gasteiger partial charge on any atom is 0.188 e. The number of halogens is 1. The Morgan fingerprint density at radius 1 is 1.35 bits per heavy atom. The van der Waals surface area contributed by atoms with Crippen LogP contribution in [-0.4, -0.2) is 9.97 Å². The average molecular weight is 312 g/mol. The van der Waals surface area contributed by atoms with E-state index in [0.717, 1.165) is 21.1 Å². The van der Waals surface area contributed by atoms with Crippen molar-refractivity contribution >= 4 is 38.2 Å². The third kappa shape index (κ3) is 3.04. The van der Waals surface area contributed by atoms with Gasteiger partial charge in [0.25, 0.3) is 0 Å². The molecule has 0 atom stereocenters. The number of rotatable bonds is 2. The first-order chi connectivity index (χ1) is 7.97. The molecule has 2 rings (SSSR count).